The number of esters is 3. The van der Waals surface area contributed by atoms with Crippen LogP contribution in [0.2, 0.25) is 0 Å². The average Bonchev–Trinajstić information content (AvgIpc) is 2.84. The smallest absolute Gasteiger partial charge is 0.324 e. The molecule has 0 fully saturated rings. The van der Waals surface area contributed by atoms with Gasteiger partial charge in [-0.1, -0.05) is 60.5 Å². The minimum Gasteiger partial charge on any atom is -0.480 e. The van der Waals surface area contributed by atoms with E-state index in [2.05, 4.69) is 0 Å². The lowest BCUT2D eigenvalue weighted by Gasteiger charge is -2.28. The Morgan fingerprint density at radius 3 is 1.90 bits per heavy atom. The van der Waals surface area contributed by atoms with Crippen LogP contribution in [0.15, 0.2) is 18.2 Å². The first-order valence-electron chi connectivity index (χ1n) is 14.0. The van der Waals surface area contributed by atoms with Gasteiger partial charge in [0, 0.05) is 19.3 Å². The third kappa shape index (κ3) is 11.8. The quantitative estimate of drug-likeness (QED) is 0.191. The van der Waals surface area contributed by atoms with Gasteiger partial charge in [0.05, 0.1) is 11.8 Å². The third-order valence-corrected chi connectivity index (χ3v) is 6.53. The van der Waals surface area contributed by atoms with Crippen molar-refractivity contribution < 1.29 is 38.5 Å². The number of carboxylic acid groups (broad SMARTS) is 1. The zero-order chi connectivity index (χ0) is 29.8. The number of aliphatic carboxylic acids is 1. The third-order valence-electron chi connectivity index (χ3n) is 6.53. The molecule has 1 aromatic carbocycles. The molecule has 9 nitrogen and oxygen atoms in total. The molecule has 9 heteroatoms. The first kappa shape index (κ1) is 34.1. The Morgan fingerprint density at radius 2 is 1.41 bits per heavy atom. The van der Waals surface area contributed by atoms with Crippen molar-refractivity contribution in [3.63, 3.8) is 0 Å². The van der Waals surface area contributed by atoms with Crippen molar-refractivity contribution in [2.45, 2.75) is 111 Å². The molecule has 39 heavy (non-hydrogen) atoms. The second kappa shape index (κ2) is 16.2. The maximum atomic E-state index is 12.7. The predicted molar refractivity (Wildman–Crippen MR) is 148 cm³/mol. The molecule has 0 saturated carbocycles. The van der Waals surface area contributed by atoms with E-state index in [4.69, 9.17) is 19.9 Å². The fourth-order valence-electron chi connectivity index (χ4n) is 4.19. The van der Waals surface area contributed by atoms with Crippen molar-refractivity contribution in [3.05, 3.63) is 23.8 Å². The first-order valence-corrected chi connectivity index (χ1v) is 14.0. The van der Waals surface area contributed by atoms with Gasteiger partial charge < -0.3 is 25.1 Å². The highest BCUT2D eigenvalue weighted by Crippen LogP contribution is 2.32. The van der Waals surface area contributed by atoms with Gasteiger partial charge >= 0.3 is 23.9 Å². The van der Waals surface area contributed by atoms with Gasteiger partial charge in [-0.25, -0.2) is 0 Å². The lowest BCUT2D eigenvalue weighted by atomic mass is 9.86. The average molecular weight is 550 g/mol. The molecule has 0 heterocycles. The summed E-state index contributed by atoms with van der Waals surface area (Å²) in [7, 11) is 0. The molecule has 0 aliphatic carbocycles. The largest absolute Gasteiger partial charge is 0.480 e. The van der Waals surface area contributed by atoms with Gasteiger partial charge in [0.15, 0.2) is 11.5 Å². The van der Waals surface area contributed by atoms with Gasteiger partial charge in [-0.05, 0) is 49.8 Å². The lowest BCUT2D eigenvalue weighted by molar-refractivity contribution is -0.153. The summed E-state index contributed by atoms with van der Waals surface area (Å²) in [4.78, 5) is 49.6. The minimum absolute atomic E-state index is 0.0263. The van der Waals surface area contributed by atoms with E-state index in [1.807, 2.05) is 27.7 Å². The number of carboxylic acids is 1. The van der Waals surface area contributed by atoms with Crippen LogP contribution in [-0.4, -0.2) is 40.6 Å². The van der Waals surface area contributed by atoms with Gasteiger partial charge in [0.2, 0.25) is 0 Å². The summed E-state index contributed by atoms with van der Waals surface area (Å²) >= 11 is 0. The fourth-order valence-corrected chi connectivity index (χ4v) is 4.19. The molecule has 0 aliphatic rings. The normalized spacial score (nSPS) is 15.1. The number of nitrogens with two attached hydrogens (primary N) is 1. The number of carbonyl (C=O) groups excluding carboxylic acids is 3. The molecular formula is C30H47NO8. The van der Waals surface area contributed by atoms with Crippen LogP contribution in [0.25, 0.3) is 0 Å². The van der Waals surface area contributed by atoms with Crippen molar-refractivity contribution in [1.82, 2.24) is 0 Å². The first-order chi connectivity index (χ1) is 18.2. The van der Waals surface area contributed by atoms with Crippen molar-refractivity contribution in [3.8, 4) is 11.5 Å². The molecule has 1 aromatic rings. The van der Waals surface area contributed by atoms with E-state index < -0.39 is 35.5 Å². The number of rotatable bonds is 17. The molecule has 1 rings (SSSR count). The number of carbonyl (C=O) groups is 4. The monoisotopic (exact) mass is 549 g/mol. The van der Waals surface area contributed by atoms with E-state index in [1.165, 1.54) is 12.1 Å². The van der Waals surface area contributed by atoms with Gasteiger partial charge in [0.1, 0.15) is 11.6 Å². The Bertz CT molecular complexity index is 976. The summed E-state index contributed by atoms with van der Waals surface area (Å²) in [6, 6.07) is 4.55. The van der Waals surface area contributed by atoms with E-state index in [0.717, 1.165) is 12.8 Å². The van der Waals surface area contributed by atoms with Crippen molar-refractivity contribution in [2.75, 3.05) is 0 Å². The van der Waals surface area contributed by atoms with Crippen LogP contribution in [-0.2, 0) is 30.3 Å². The summed E-state index contributed by atoms with van der Waals surface area (Å²) in [6.45, 7) is 13.1. The Morgan fingerprint density at radius 1 is 0.872 bits per heavy atom. The second-order valence-electron chi connectivity index (χ2n) is 11.1. The molecule has 0 spiro atoms. The molecule has 3 N–H and O–H groups in total. The fraction of sp³-hybridized carbons (Fsp3) is 0.667. The maximum absolute atomic E-state index is 12.7. The van der Waals surface area contributed by atoms with Crippen LogP contribution in [0.4, 0.5) is 0 Å². The number of benzene rings is 1. The Balaban J connectivity index is 3.20. The predicted octanol–water partition coefficient (Wildman–Crippen LogP) is 5.45. The zero-order valence-electron chi connectivity index (χ0n) is 24.6. The summed E-state index contributed by atoms with van der Waals surface area (Å²) in [5, 5.41) is 9.96. The van der Waals surface area contributed by atoms with Crippen molar-refractivity contribution >= 4 is 23.9 Å². The van der Waals surface area contributed by atoms with E-state index in [0.29, 0.717) is 30.7 Å². The van der Waals surface area contributed by atoms with Crippen LogP contribution in [0.5, 0.6) is 11.5 Å². The summed E-state index contributed by atoms with van der Waals surface area (Å²) in [5.41, 5.74) is 5.02. The summed E-state index contributed by atoms with van der Waals surface area (Å²) in [6.07, 6.45) is 2.81. The molecule has 0 aliphatic heterocycles. The van der Waals surface area contributed by atoms with Crippen LogP contribution < -0.4 is 15.2 Å². The molecule has 3 unspecified atom stereocenters. The SMILES string of the molecule is CCCC(C)C(=O)Oc1ccc(CC(N)(C[C@H](C)OC(=O)CCC(C)C)C(=O)O)cc1OC(=O)C(C)CCC. The number of ether oxygens (including phenoxy) is 3. The molecule has 0 radical (unpaired) electrons. The number of hydrogen-bond donors (Lipinski definition) is 2. The van der Waals surface area contributed by atoms with E-state index in [9.17, 15) is 24.3 Å². The second-order valence-corrected chi connectivity index (χ2v) is 11.1. The minimum atomic E-state index is -1.76. The highest BCUT2D eigenvalue weighted by Gasteiger charge is 2.37. The maximum Gasteiger partial charge on any atom is 0.324 e. The van der Waals surface area contributed by atoms with E-state index in [1.54, 1.807) is 26.8 Å². The highest BCUT2D eigenvalue weighted by atomic mass is 16.6. The molecule has 0 aromatic heterocycles. The summed E-state index contributed by atoms with van der Waals surface area (Å²) in [5.74, 6) is -2.86. The molecule has 0 bridgehead atoms. The topological polar surface area (TPSA) is 142 Å². The zero-order valence-corrected chi connectivity index (χ0v) is 24.6. The van der Waals surface area contributed by atoms with Crippen molar-refractivity contribution in [1.29, 1.82) is 0 Å². The summed E-state index contributed by atoms with van der Waals surface area (Å²) < 4.78 is 16.6. The van der Waals surface area contributed by atoms with Crippen molar-refractivity contribution in [2.24, 2.45) is 23.5 Å². The number of hydrogen-bond acceptors (Lipinski definition) is 8. The molecule has 0 amide bonds. The van der Waals surface area contributed by atoms with Gasteiger partial charge in [-0.3, -0.25) is 19.2 Å². The van der Waals surface area contributed by atoms with Crippen LogP contribution in [0, 0.1) is 17.8 Å². The molecule has 0 saturated heterocycles. The lowest BCUT2D eigenvalue weighted by Crippen LogP contribution is -2.52. The van der Waals surface area contributed by atoms with E-state index >= 15 is 0 Å². The van der Waals surface area contributed by atoms with E-state index in [-0.39, 0.29) is 42.6 Å². The van der Waals surface area contributed by atoms with Crippen LogP contribution in [0.1, 0.15) is 99.0 Å². The standard InChI is InChI=1S/C30H47NO8/c1-8-10-20(5)27(33)38-24-14-13-23(16-25(24)39-28(34)21(6)11-9-2)18-30(31,29(35)36)17-22(7)37-26(32)15-12-19(3)4/h13-14,16,19-22H,8-12,15,17-18,31H2,1-7H3,(H,35,36)/t20?,21?,22-,30?/m0/s1. The molecule has 220 valence electrons. The Hall–Kier alpha value is -2.94. The highest BCUT2D eigenvalue weighted by molar-refractivity contribution is 5.80. The molecular weight excluding hydrogens is 502 g/mol. The van der Waals surface area contributed by atoms with Gasteiger partial charge in [-0.2, -0.15) is 0 Å². The van der Waals surface area contributed by atoms with Crippen LogP contribution in [0.3, 0.4) is 0 Å². The van der Waals surface area contributed by atoms with Crippen LogP contribution >= 0.6 is 0 Å². The Labute approximate surface area is 232 Å². The molecule has 4 atom stereocenters. The Kier molecular flexibility index (Phi) is 14.2. The van der Waals surface area contributed by atoms with Gasteiger partial charge in [0.25, 0.3) is 0 Å². The van der Waals surface area contributed by atoms with Gasteiger partial charge in [-0.15, -0.1) is 0 Å².